The largest absolute Gasteiger partial charge is 0.748 e. The van der Waals surface area contributed by atoms with Gasteiger partial charge in [-0.15, -0.1) is 0 Å². The molecule has 4 rings (SSSR count). The Hall–Kier alpha value is -3.60. The molecule has 0 heterocycles. The minimum absolute atomic E-state index is 0. The van der Waals surface area contributed by atoms with Gasteiger partial charge in [-0.1, -0.05) is 5.56 Å². The van der Waals surface area contributed by atoms with E-state index < -0.39 is 11.9 Å². The summed E-state index contributed by atoms with van der Waals surface area (Å²) in [6, 6.07) is 29.9. The smallest absolute Gasteiger partial charge is 0.343 e. The second kappa shape index (κ2) is 13.0. The van der Waals surface area contributed by atoms with Gasteiger partial charge in [-0.3, -0.25) is 4.79 Å². The number of hydrogen-bond donors (Lipinski definition) is 0. The molecular weight excluding hydrogens is 448 g/mol. The molecule has 0 fully saturated rings. The first-order valence-corrected chi connectivity index (χ1v) is 9.81. The Bertz CT molecular complexity index is 1030. The minimum Gasteiger partial charge on any atom is -0.748 e. The topological polar surface area (TPSA) is 61.8 Å². The second-order valence-corrected chi connectivity index (χ2v) is 6.34. The van der Waals surface area contributed by atoms with Crippen LogP contribution in [0.15, 0.2) is 103 Å². The van der Waals surface area contributed by atoms with E-state index in [9.17, 15) is 9.59 Å². The summed E-state index contributed by atoms with van der Waals surface area (Å²) in [7, 11) is 0. The first-order chi connectivity index (χ1) is 15.2. The molecule has 0 aliphatic heterocycles. The average molecular weight is 470 g/mol. The van der Waals surface area contributed by atoms with E-state index in [2.05, 4.69) is 0 Å². The summed E-state index contributed by atoms with van der Waals surface area (Å²) in [5, 5.41) is 0. The van der Waals surface area contributed by atoms with Gasteiger partial charge in [0, 0.05) is 17.1 Å². The molecule has 0 amide bonds. The zero-order valence-electron chi connectivity index (χ0n) is 17.4. The van der Waals surface area contributed by atoms with E-state index in [0.717, 1.165) is 0 Å². The summed E-state index contributed by atoms with van der Waals surface area (Å²) < 4.78 is 15.9. The van der Waals surface area contributed by atoms with Crippen molar-refractivity contribution in [2.45, 2.75) is 6.92 Å². The van der Waals surface area contributed by atoms with Gasteiger partial charge >= 0.3 is 5.97 Å². The van der Waals surface area contributed by atoms with Crippen LogP contribution in [0.2, 0.25) is 0 Å². The first kappa shape index (κ1) is 24.7. The third kappa shape index (κ3) is 7.58. The first-order valence-electron chi connectivity index (χ1n) is 9.81. The minimum atomic E-state index is -0.497. The molecule has 0 unspecified atom stereocenters. The molecule has 0 atom stereocenters. The van der Waals surface area contributed by atoms with Crippen molar-refractivity contribution >= 4 is 11.9 Å². The van der Waals surface area contributed by atoms with Crippen LogP contribution in [0.4, 0.5) is 0 Å². The summed E-state index contributed by atoms with van der Waals surface area (Å²) in [4.78, 5) is 24.1. The van der Waals surface area contributed by atoms with Gasteiger partial charge in [-0.05, 0) is 55.5 Å². The van der Waals surface area contributed by atoms with Crippen molar-refractivity contribution in [3.8, 4) is 17.2 Å². The molecule has 170 valence electrons. The predicted octanol–water partition coefficient (Wildman–Crippen LogP) is 5.65. The van der Waals surface area contributed by atoms with Gasteiger partial charge in [0.25, 0.3) is 5.97 Å². The summed E-state index contributed by atoms with van der Waals surface area (Å²) in [6.45, 7) is 2.47. The van der Waals surface area contributed by atoms with E-state index in [4.69, 9.17) is 14.2 Å². The van der Waals surface area contributed by atoms with Crippen LogP contribution in [-0.4, -0.2) is 18.5 Å². The molecule has 0 saturated carbocycles. The van der Waals surface area contributed by atoms with E-state index in [1.807, 2.05) is 37.3 Å². The quantitative estimate of drug-likeness (QED) is 0.158. The normalized spacial score (nSPS) is 9.53. The molecule has 0 aromatic heterocycles. The molecule has 0 aliphatic carbocycles. The fourth-order valence-corrected chi connectivity index (χ4v) is 2.59. The van der Waals surface area contributed by atoms with Gasteiger partial charge in [0.2, 0.25) is 0 Å². The van der Waals surface area contributed by atoms with Crippen LogP contribution < -0.4 is 14.2 Å². The fourth-order valence-electron chi connectivity index (χ4n) is 2.59. The molecular formula is C26H22FeO5-6. The van der Waals surface area contributed by atoms with Crippen LogP contribution >= 0.6 is 0 Å². The molecule has 0 bridgehead atoms. The Balaban J connectivity index is 0.000000534. The van der Waals surface area contributed by atoms with Gasteiger partial charge in [0.05, 0.1) is 12.2 Å². The Morgan fingerprint density at radius 3 is 1.75 bits per heavy atom. The van der Waals surface area contributed by atoms with Crippen molar-refractivity contribution in [2.24, 2.45) is 0 Å². The van der Waals surface area contributed by atoms with E-state index >= 15 is 0 Å². The van der Waals surface area contributed by atoms with E-state index in [1.54, 1.807) is 72.8 Å². The predicted molar refractivity (Wildman–Crippen MR) is 118 cm³/mol. The standard InChI is InChI=1S/C21H17O5.C5H5.Fe/c1-2-24-17-11-13-19(14-12-17)26-21(23)16-7-9-18(10-8-16)25-20(22)15-5-3-4-6-15;1-2-4-5-3-1;/h3-14H,2H2,1H3;1-5H;/q-1;-5;. The molecule has 6 heteroatoms. The molecule has 0 aliphatic rings. The molecule has 32 heavy (non-hydrogen) atoms. The van der Waals surface area contributed by atoms with Crippen molar-refractivity contribution in [1.29, 1.82) is 0 Å². The second-order valence-electron chi connectivity index (χ2n) is 6.34. The third-order valence-corrected chi connectivity index (χ3v) is 4.10. The van der Waals surface area contributed by atoms with Gasteiger partial charge in [-0.25, -0.2) is 16.9 Å². The van der Waals surface area contributed by atoms with Crippen LogP contribution in [0.5, 0.6) is 17.2 Å². The van der Waals surface area contributed by atoms with Crippen LogP contribution in [0.25, 0.3) is 0 Å². The Kier molecular flexibility index (Phi) is 9.98. The summed E-state index contributed by atoms with van der Waals surface area (Å²) in [5.74, 6) is 0.546. The fraction of sp³-hybridized carbons (Fsp3) is 0.0769. The van der Waals surface area contributed by atoms with Crippen molar-refractivity contribution in [3.05, 3.63) is 114 Å². The van der Waals surface area contributed by atoms with E-state index in [-0.39, 0.29) is 17.1 Å². The summed E-state index contributed by atoms with van der Waals surface area (Å²) in [5.41, 5.74) is 0.830. The average Bonchev–Trinajstić information content (AvgIpc) is 3.53. The third-order valence-electron chi connectivity index (χ3n) is 4.10. The number of hydrogen-bond acceptors (Lipinski definition) is 5. The zero-order chi connectivity index (χ0) is 21.9. The van der Waals surface area contributed by atoms with Crippen molar-refractivity contribution in [1.82, 2.24) is 0 Å². The molecule has 0 spiro atoms. The molecule has 4 aromatic rings. The maximum atomic E-state index is 12.2. The number of carbonyl (C=O) groups excluding carboxylic acids is 2. The molecule has 0 N–H and O–H groups in total. The van der Waals surface area contributed by atoms with Crippen molar-refractivity contribution < 1.29 is 40.9 Å². The Labute approximate surface area is 197 Å². The maximum absolute atomic E-state index is 12.2. The molecule has 0 radical (unpaired) electrons. The maximum Gasteiger partial charge on any atom is 0.343 e. The van der Waals surface area contributed by atoms with Gasteiger partial charge < -0.3 is 44.5 Å². The number of ether oxygens (including phenoxy) is 3. The zero-order valence-corrected chi connectivity index (χ0v) is 18.5. The van der Waals surface area contributed by atoms with Gasteiger partial charge in [-0.2, -0.15) is 12.1 Å². The number of carbonyl (C=O) groups is 2. The number of esters is 2. The van der Waals surface area contributed by atoms with E-state index in [0.29, 0.717) is 35.0 Å². The molecule has 4 aromatic carbocycles. The van der Waals surface area contributed by atoms with Crippen LogP contribution in [-0.2, 0) is 17.1 Å². The van der Waals surface area contributed by atoms with Gasteiger partial charge in [0.1, 0.15) is 17.2 Å². The van der Waals surface area contributed by atoms with Crippen LogP contribution in [0, 0.1) is 0 Å². The van der Waals surface area contributed by atoms with Crippen LogP contribution in [0.3, 0.4) is 0 Å². The number of rotatable bonds is 6. The van der Waals surface area contributed by atoms with Crippen molar-refractivity contribution in [3.63, 3.8) is 0 Å². The van der Waals surface area contributed by atoms with E-state index in [1.165, 1.54) is 0 Å². The molecule has 5 nitrogen and oxygen atoms in total. The summed E-state index contributed by atoms with van der Waals surface area (Å²) >= 11 is 0. The monoisotopic (exact) mass is 470 g/mol. The SMILES string of the molecule is CCOc1ccc(OC(=O)c2ccc(OC(=O)[c-]3cccc3)cc2)cc1.[Fe].[cH-]1[cH-][cH-][cH-][cH-]1. The Morgan fingerprint density at radius 1 is 0.750 bits per heavy atom. The van der Waals surface area contributed by atoms with Crippen molar-refractivity contribution in [2.75, 3.05) is 6.61 Å². The van der Waals surface area contributed by atoms with Gasteiger partial charge in [0.15, 0.2) is 0 Å². The Morgan fingerprint density at radius 2 is 1.22 bits per heavy atom. The molecule has 0 saturated heterocycles. The summed E-state index contributed by atoms with van der Waals surface area (Å²) in [6.07, 6.45) is 0. The van der Waals surface area contributed by atoms with Crippen LogP contribution in [0.1, 0.15) is 27.6 Å². The number of benzene rings is 2.